The fourth-order valence-corrected chi connectivity index (χ4v) is 2.67. The van der Waals surface area contributed by atoms with Crippen LogP contribution in [0, 0.1) is 12.8 Å². The zero-order chi connectivity index (χ0) is 15.0. The van der Waals surface area contributed by atoms with Crippen molar-refractivity contribution in [1.82, 2.24) is 0 Å². The van der Waals surface area contributed by atoms with Crippen LogP contribution in [0.3, 0.4) is 0 Å². The maximum atomic E-state index is 12.2. The molecule has 1 aromatic carbocycles. The number of benzene rings is 1. The summed E-state index contributed by atoms with van der Waals surface area (Å²) in [6.45, 7) is 6.06. The van der Waals surface area contributed by atoms with Gasteiger partial charge < -0.3 is 4.74 Å². The van der Waals surface area contributed by atoms with Gasteiger partial charge in [0.25, 0.3) is 0 Å². The Morgan fingerprint density at radius 3 is 2.40 bits per heavy atom. The molecule has 3 nitrogen and oxygen atoms in total. The minimum Gasteiger partial charge on any atom is -0.465 e. The maximum Gasteiger partial charge on any atom is 0.316 e. The topological polar surface area (TPSA) is 43.4 Å². The first kappa shape index (κ1) is 16.8. The molecular weight excluding hydrogens is 272 g/mol. The summed E-state index contributed by atoms with van der Waals surface area (Å²) in [6, 6.07) is 8.02. The molecule has 0 spiro atoms. The van der Waals surface area contributed by atoms with Crippen LogP contribution in [0.1, 0.15) is 32.3 Å². The lowest BCUT2D eigenvalue weighted by atomic mass is 10.00. The van der Waals surface area contributed by atoms with Crippen molar-refractivity contribution in [1.29, 1.82) is 0 Å². The molecule has 0 saturated heterocycles. The third-order valence-corrected chi connectivity index (χ3v) is 3.97. The molecule has 4 heteroatoms. The molecule has 0 saturated carbocycles. The van der Waals surface area contributed by atoms with E-state index in [0.717, 1.165) is 11.3 Å². The zero-order valence-corrected chi connectivity index (χ0v) is 13.2. The SMILES string of the molecule is CCCC(C(=O)CSc1ccc(C)cc1)C(=O)OCC. The summed E-state index contributed by atoms with van der Waals surface area (Å²) in [6.07, 6.45) is 1.36. The van der Waals surface area contributed by atoms with Crippen molar-refractivity contribution in [3.63, 3.8) is 0 Å². The van der Waals surface area contributed by atoms with Gasteiger partial charge in [0.2, 0.25) is 0 Å². The van der Waals surface area contributed by atoms with E-state index >= 15 is 0 Å². The Hall–Kier alpha value is -1.29. The van der Waals surface area contributed by atoms with Crippen molar-refractivity contribution in [3.05, 3.63) is 29.8 Å². The van der Waals surface area contributed by atoms with Gasteiger partial charge in [-0.05, 0) is 32.4 Å². The summed E-state index contributed by atoms with van der Waals surface area (Å²) in [5.74, 6) is -0.732. The number of rotatable bonds is 8. The smallest absolute Gasteiger partial charge is 0.316 e. The number of carbonyl (C=O) groups is 2. The van der Waals surface area contributed by atoms with Gasteiger partial charge in [-0.2, -0.15) is 0 Å². The summed E-state index contributed by atoms with van der Waals surface area (Å²) in [7, 11) is 0. The number of hydrogen-bond acceptors (Lipinski definition) is 4. The molecule has 0 fully saturated rings. The van der Waals surface area contributed by atoms with Crippen LogP contribution < -0.4 is 0 Å². The lowest BCUT2D eigenvalue weighted by Gasteiger charge is -2.13. The predicted molar refractivity (Wildman–Crippen MR) is 81.9 cm³/mol. The average molecular weight is 294 g/mol. The molecule has 0 heterocycles. The van der Waals surface area contributed by atoms with Gasteiger partial charge in [-0.15, -0.1) is 11.8 Å². The first-order chi connectivity index (χ1) is 9.58. The van der Waals surface area contributed by atoms with Crippen LogP contribution in [0.5, 0.6) is 0 Å². The van der Waals surface area contributed by atoms with Gasteiger partial charge in [-0.3, -0.25) is 9.59 Å². The number of esters is 1. The highest BCUT2D eigenvalue weighted by molar-refractivity contribution is 8.00. The monoisotopic (exact) mass is 294 g/mol. The van der Waals surface area contributed by atoms with E-state index in [9.17, 15) is 9.59 Å². The van der Waals surface area contributed by atoms with E-state index in [2.05, 4.69) is 0 Å². The molecule has 0 amide bonds. The third-order valence-electron chi connectivity index (χ3n) is 2.94. The number of Topliss-reactive ketones (excluding diaryl/α,β-unsaturated/α-hetero) is 1. The molecule has 110 valence electrons. The third kappa shape index (κ3) is 5.37. The second kappa shape index (κ2) is 8.80. The number of ketones is 1. The van der Waals surface area contributed by atoms with E-state index in [-0.39, 0.29) is 11.8 Å². The van der Waals surface area contributed by atoms with Gasteiger partial charge in [-0.25, -0.2) is 0 Å². The molecule has 0 radical (unpaired) electrons. The van der Waals surface area contributed by atoms with Gasteiger partial charge >= 0.3 is 5.97 Å². The lowest BCUT2D eigenvalue weighted by molar-refractivity contribution is -0.151. The van der Waals surface area contributed by atoms with Gasteiger partial charge in [0.15, 0.2) is 5.78 Å². The highest BCUT2D eigenvalue weighted by Crippen LogP contribution is 2.21. The van der Waals surface area contributed by atoms with Crippen molar-refractivity contribution in [2.24, 2.45) is 5.92 Å². The molecule has 0 aliphatic carbocycles. The van der Waals surface area contributed by atoms with Gasteiger partial charge in [0.05, 0.1) is 12.4 Å². The summed E-state index contributed by atoms with van der Waals surface area (Å²) in [5, 5.41) is 0. The quantitative estimate of drug-likeness (QED) is 0.417. The van der Waals surface area contributed by atoms with Crippen LogP contribution in [-0.4, -0.2) is 24.1 Å². The normalized spacial score (nSPS) is 11.9. The van der Waals surface area contributed by atoms with E-state index in [0.29, 0.717) is 18.8 Å². The summed E-state index contributed by atoms with van der Waals surface area (Å²) < 4.78 is 4.98. The van der Waals surface area contributed by atoms with Crippen molar-refractivity contribution in [3.8, 4) is 0 Å². The van der Waals surface area contributed by atoms with Crippen molar-refractivity contribution in [2.45, 2.75) is 38.5 Å². The predicted octanol–water partition coefficient (Wildman–Crippen LogP) is 3.64. The minimum absolute atomic E-state index is 0.0455. The highest BCUT2D eigenvalue weighted by Gasteiger charge is 2.26. The van der Waals surface area contributed by atoms with E-state index in [1.807, 2.05) is 38.1 Å². The van der Waals surface area contributed by atoms with Crippen molar-refractivity contribution < 1.29 is 14.3 Å². The Balaban J connectivity index is 2.57. The molecular formula is C16H22O3S. The Morgan fingerprint density at radius 2 is 1.85 bits per heavy atom. The number of carbonyl (C=O) groups excluding carboxylic acids is 2. The number of aryl methyl sites for hydroxylation is 1. The average Bonchev–Trinajstić information content (AvgIpc) is 2.44. The van der Waals surface area contributed by atoms with Crippen LogP contribution in [0.2, 0.25) is 0 Å². The number of thioether (sulfide) groups is 1. The molecule has 1 atom stereocenters. The Kier molecular flexibility index (Phi) is 7.37. The molecule has 20 heavy (non-hydrogen) atoms. The molecule has 0 N–H and O–H groups in total. The summed E-state index contributed by atoms with van der Waals surface area (Å²) >= 11 is 1.47. The Morgan fingerprint density at radius 1 is 1.20 bits per heavy atom. The maximum absolute atomic E-state index is 12.2. The Labute approximate surface area is 125 Å². The second-order valence-corrected chi connectivity index (χ2v) is 5.71. The van der Waals surface area contributed by atoms with Gasteiger partial charge in [0.1, 0.15) is 5.92 Å². The number of hydrogen-bond donors (Lipinski definition) is 0. The largest absolute Gasteiger partial charge is 0.465 e. The van der Waals surface area contributed by atoms with E-state index in [1.165, 1.54) is 17.3 Å². The highest BCUT2D eigenvalue weighted by atomic mass is 32.2. The molecule has 1 rings (SSSR count). The molecule has 0 bridgehead atoms. The standard InChI is InChI=1S/C16H22O3S/c1-4-6-14(16(18)19-5-2)15(17)11-20-13-9-7-12(3)8-10-13/h7-10,14H,4-6,11H2,1-3H3. The van der Waals surface area contributed by atoms with Crippen LogP contribution in [-0.2, 0) is 14.3 Å². The van der Waals surface area contributed by atoms with Crippen LogP contribution in [0.15, 0.2) is 29.2 Å². The minimum atomic E-state index is -0.613. The van der Waals surface area contributed by atoms with Crippen LogP contribution >= 0.6 is 11.8 Å². The van der Waals surface area contributed by atoms with Crippen molar-refractivity contribution >= 4 is 23.5 Å². The van der Waals surface area contributed by atoms with Crippen LogP contribution in [0.25, 0.3) is 0 Å². The van der Waals surface area contributed by atoms with Crippen molar-refractivity contribution in [2.75, 3.05) is 12.4 Å². The summed E-state index contributed by atoms with van der Waals surface area (Å²) in [5.41, 5.74) is 1.19. The number of ether oxygens (including phenoxy) is 1. The molecule has 1 aromatic rings. The fourth-order valence-electron chi connectivity index (χ4n) is 1.83. The fraction of sp³-hybridized carbons (Fsp3) is 0.500. The zero-order valence-electron chi connectivity index (χ0n) is 12.3. The van der Waals surface area contributed by atoms with Gasteiger partial charge in [-0.1, -0.05) is 31.0 Å². The second-order valence-electron chi connectivity index (χ2n) is 4.66. The first-order valence-corrected chi connectivity index (χ1v) is 7.95. The summed E-state index contributed by atoms with van der Waals surface area (Å²) in [4.78, 5) is 25.0. The van der Waals surface area contributed by atoms with E-state index in [4.69, 9.17) is 4.74 Å². The molecule has 0 aliphatic rings. The lowest BCUT2D eigenvalue weighted by Crippen LogP contribution is -2.27. The first-order valence-electron chi connectivity index (χ1n) is 6.97. The van der Waals surface area contributed by atoms with E-state index < -0.39 is 5.92 Å². The molecule has 0 aromatic heterocycles. The Bertz CT molecular complexity index is 440. The van der Waals surface area contributed by atoms with Crippen LogP contribution in [0.4, 0.5) is 0 Å². The van der Waals surface area contributed by atoms with Gasteiger partial charge in [0, 0.05) is 4.90 Å². The molecule has 1 unspecified atom stereocenters. The van der Waals surface area contributed by atoms with E-state index in [1.54, 1.807) is 6.92 Å². The molecule has 0 aliphatic heterocycles.